The molecule has 1 aromatic rings. The number of aliphatic carboxylic acids is 1. The summed E-state index contributed by atoms with van der Waals surface area (Å²) in [5.74, 6) is -0.608. The van der Waals surface area contributed by atoms with Crippen molar-refractivity contribution >= 4 is 40.9 Å². The summed E-state index contributed by atoms with van der Waals surface area (Å²) in [5, 5.41) is 22.1. The second-order valence-corrected chi connectivity index (χ2v) is 10.6. The molecule has 0 fully saturated rings. The van der Waals surface area contributed by atoms with E-state index in [0.717, 1.165) is 84.5 Å². The van der Waals surface area contributed by atoms with E-state index in [4.69, 9.17) is 20.7 Å². The number of aromatic amines is 1. The van der Waals surface area contributed by atoms with Gasteiger partial charge < -0.3 is 20.9 Å². The van der Waals surface area contributed by atoms with E-state index in [2.05, 4.69) is 18.8 Å². The van der Waals surface area contributed by atoms with E-state index in [1.807, 2.05) is 39.0 Å². The predicted molar refractivity (Wildman–Crippen MR) is 155 cm³/mol. The number of aliphatic hydroxyl groups is 1. The van der Waals surface area contributed by atoms with E-state index in [1.165, 1.54) is 0 Å². The van der Waals surface area contributed by atoms with E-state index >= 15 is 0 Å². The molecule has 8 nitrogen and oxygen atoms in total. The number of rotatable bonds is 4. The quantitative estimate of drug-likeness (QED) is 0.467. The average molecular weight is 522 g/mol. The van der Waals surface area contributed by atoms with Crippen molar-refractivity contribution in [2.75, 3.05) is 5.73 Å². The highest BCUT2D eigenvalue weighted by atomic mass is 16.4. The van der Waals surface area contributed by atoms with Gasteiger partial charge in [-0.1, -0.05) is 6.92 Å². The minimum atomic E-state index is -0.868. The van der Waals surface area contributed by atoms with Crippen LogP contribution in [0.1, 0.15) is 58.9 Å². The lowest BCUT2D eigenvalue weighted by atomic mass is 9.96. The van der Waals surface area contributed by atoms with Crippen LogP contribution in [0, 0.1) is 6.92 Å². The van der Waals surface area contributed by atoms with Crippen LogP contribution in [0.4, 0.5) is 5.69 Å². The van der Waals surface area contributed by atoms with Gasteiger partial charge in [-0.3, -0.25) is 4.79 Å². The molecule has 5 heterocycles. The zero-order valence-corrected chi connectivity index (χ0v) is 22.8. The lowest BCUT2D eigenvalue weighted by Crippen LogP contribution is -2.15. The zero-order chi connectivity index (χ0) is 27.7. The van der Waals surface area contributed by atoms with Gasteiger partial charge in [0.05, 0.1) is 45.3 Å². The number of aliphatic imine (C=N–C) groups is 3. The molecule has 0 saturated carbocycles. The topological polar surface area (TPSA) is 136 Å². The minimum absolute atomic E-state index is 0.0151. The molecule has 6 rings (SSSR count). The Morgan fingerprint density at radius 3 is 2.38 bits per heavy atom. The molecule has 0 spiro atoms. The van der Waals surface area contributed by atoms with Crippen molar-refractivity contribution in [2.24, 2.45) is 15.0 Å². The SMILES string of the molecule is CCC1=C(C)C2=NC1=CC1=C(C)C3=C(O)CC(=C4N=C(C=c5[nH]c(c(N)c5C)=C2)C(C)=C4CCC(=O)O)C3=N1. The first-order valence-electron chi connectivity index (χ1n) is 13.2. The number of nitrogens with one attached hydrogen (secondary N) is 1. The molecule has 0 atom stereocenters. The number of aliphatic hydroxyl groups excluding tert-OH is 1. The number of hydrogen-bond acceptors (Lipinski definition) is 6. The van der Waals surface area contributed by atoms with Gasteiger partial charge >= 0.3 is 5.97 Å². The minimum Gasteiger partial charge on any atom is -0.511 e. The van der Waals surface area contributed by atoms with Crippen LogP contribution in [-0.4, -0.2) is 38.3 Å². The van der Waals surface area contributed by atoms with Crippen LogP contribution < -0.4 is 16.4 Å². The first kappa shape index (κ1) is 24.9. The highest BCUT2D eigenvalue weighted by molar-refractivity contribution is 6.26. The van der Waals surface area contributed by atoms with Gasteiger partial charge in [-0.15, -0.1) is 0 Å². The second-order valence-electron chi connectivity index (χ2n) is 10.6. The fourth-order valence-corrected chi connectivity index (χ4v) is 5.99. The van der Waals surface area contributed by atoms with Crippen LogP contribution in [0.25, 0.3) is 12.2 Å². The Morgan fingerprint density at radius 1 is 0.974 bits per heavy atom. The fraction of sp³-hybridized carbons (Fsp3) is 0.290. The smallest absolute Gasteiger partial charge is 0.303 e. The maximum absolute atomic E-state index is 11.5. The molecule has 1 aromatic heterocycles. The van der Waals surface area contributed by atoms with Crippen LogP contribution in [-0.2, 0) is 4.79 Å². The Bertz CT molecular complexity index is 1830. The molecule has 198 valence electrons. The number of fused-ring (bicyclic) bond motifs is 5. The summed E-state index contributed by atoms with van der Waals surface area (Å²) >= 11 is 0. The van der Waals surface area contributed by atoms with Crippen LogP contribution in [0.15, 0.2) is 82.9 Å². The number of H-pyrrole nitrogens is 1. The molecule has 1 aliphatic carbocycles. The molecule has 8 heteroatoms. The van der Waals surface area contributed by atoms with Gasteiger partial charge in [0.2, 0.25) is 0 Å². The Morgan fingerprint density at radius 2 is 1.67 bits per heavy atom. The number of nitrogens with zero attached hydrogens (tertiary/aromatic N) is 3. The summed E-state index contributed by atoms with van der Waals surface area (Å²) in [6, 6.07) is 0. The van der Waals surface area contributed by atoms with Crippen molar-refractivity contribution in [1.82, 2.24) is 4.98 Å². The number of carboxylic acid groups (broad SMARTS) is 1. The largest absolute Gasteiger partial charge is 0.511 e. The van der Waals surface area contributed by atoms with Crippen molar-refractivity contribution in [3.8, 4) is 0 Å². The van der Waals surface area contributed by atoms with E-state index in [1.54, 1.807) is 0 Å². The van der Waals surface area contributed by atoms with E-state index in [-0.39, 0.29) is 12.2 Å². The van der Waals surface area contributed by atoms with Crippen molar-refractivity contribution in [3.63, 3.8) is 0 Å². The Balaban J connectivity index is 1.68. The fourth-order valence-electron chi connectivity index (χ4n) is 5.99. The van der Waals surface area contributed by atoms with Gasteiger partial charge in [0.25, 0.3) is 0 Å². The number of aromatic nitrogens is 1. The summed E-state index contributed by atoms with van der Waals surface area (Å²) in [6.45, 7) is 10.1. The molecule has 0 aromatic carbocycles. The first-order valence-corrected chi connectivity index (χ1v) is 13.2. The average Bonchev–Trinajstić information content (AvgIpc) is 3.63. The number of nitrogen functional groups attached to an aromatic ring is 1. The molecule has 8 bridgehead atoms. The molecule has 5 aliphatic rings. The Hall–Kier alpha value is -4.46. The lowest BCUT2D eigenvalue weighted by molar-refractivity contribution is -0.136. The van der Waals surface area contributed by atoms with Gasteiger partial charge in [0.1, 0.15) is 5.76 Å². The monoisotopic (exact) mass is 521 g/mol. The van der Waals surface area contributed by atoms with Crippen LogP contribution >= 0.6 is 0 Å². The number of carbonyl (C=O) groups is 1. The van der Waals surface area contributed by atoms with Crippen molar-refractivity contribution < 1.29 is 15.0 Å². The number of nitrogens with two attached hydrogens (primary N) is 1. The summed E-state index contributed by atoms with van der Waals surface area (Å²) in [6.07, 6.45) is 7.39. The molecule has 0 radical (unpaired) electrons. The van der Waals surface area contributed by atoms with E-state index in [0.29, 0.717) is 29.9 Å². The molecule has 0 unspecified atom stereocenters. The maximum Gasteiger partial charge on any atom is 0.303 e. The maximum atomic E-state index is 11.5. The molecule has 0 saturated heterocycles. The van der Waals surface area contributed by atoms with Gasteiger partial charge in [-0.2, -0.15) is 0 Å². The van der Waals surface area contributed by atoms with Gasteiger partial charge in [-0.05, 0) is 92.2 Å². The van der Waals surface area contributed by atoms with Crippen molar-refractivity contribution in [2.45, 2.75) is 60.3 Å². The zero-order valence-electron chi connectivity index (χ0n) is 22.8. The second kappa shape index (κ2) is 8.80. The highest BCUT2D eigenvalue weighted by Gasteiger charge is 2.37. The van der Waals surface area contributed by atoms with Crippen LogP contribution in [0.3, 0.4) is 0 Å². The third kappa shape index (κ3) is 3.73. The number of carboxylic acids is 1. The third-order valence-electron chi connectivity index (χ3n) is 8.32. The molecule has 4 aliphatic heterocycles. The number of anilines is 1. The Kier molecular flexibility index (Phi) is 5.61. The predicted octanol–water partition coefficient (Wildman–Crippen LogP) is 4.38. The normalized spacial score (nSPS) is 20.0. The molecule has 39 heavy (non-hydrogen) atoms. The molecular weight excluding hydrogens is 490 g/mol. The summed E-state index contributed by atoms with van der Waals surface area (Å²) in [5.41, 5.74) is 19.2. The van der Waals surface area contributed by atoms with E-state index < -0.39 is 5.97 Å². The summed E-state index contributed by atoms with van der Waals surface area (Å²) in [4.78, 5) is 30.0. The van der Waals surface area contributed by atoms with Gasteiger partial charge in [0.15, 0.2) is 0 Å². The van der Waals surface area contributed by atoms with Crippen LogP contribution in [0.5, 0.6) is 0 Å². The molecule has 0 amide bonds. The van der Waals surface area contributed by atoms with Crippen LogP contribution in [0.2, 0.25) is 0 Å². The highest BCUT2D eigenvalue weighted by Crippen LogP contribution is 2.44. The molecule has 5 N–H and O–H groups in total. The van der Waals surface area contributed by atoms with Crippen molar-refractivity contribution in [3.05, 3.63) is 84.2 Å². The van der Waals surface area contributed by atoms with Gasteiger partial charge in [0, 0.05) is 29.3 Å². The lowest BCUT2D eigenvalue weighted by Gasteiger charge is -2.09. The number of hydrogen-bond donors (Lipinski definition) is 4. The summed E-state index contributed by atoms with van der Waals surface area (Å²) in [7, 11) is 0. The van der Waals surface area contributed by atoms with Gasteiger partial charge in [-0.25, -0.2) is 15.0 Å². The van der Waals surface area contributed by atoms with E-state index in [9.17, 15) is 15.0 Å². The Labute approximate surface area is 226 Å². The summed E-state index contributed by atoms with van der Waals surface area (Å²) < 4.78 is 0. The molecular formula is C31H31N5O3. The number of allylic oxidation sites excluding steroid dienone is 8. The standard InChI is InChI=1S/C31H31N5O3/c1-6-17-13(2)20-12-25-29(32)16(5)23(34-25)10-21-14(3)18(7-8-27(38)39)30(35-21)19-9-26(37)28-15(4)22(36-31(19)28)11-24(17)33-20/h10-12,34,37H,6-9,32H2,1-5H3,(H,38,39). The third-order valence-corrected chi connectivity index (χ3v) is 8.32. The van der Waals surface area contributed by atoms with Crippen molar-refractivity contribution in [1.29, 1.82) is 0 Å². The first-order chi connectivity index (χ1) is 18.6.